The van der Waals surface area contributed by atoms with Gasteiger partial charge in [-0.1, -0.05) is 6.92 Å². The van der Waals surface area contributed by atoms with Crippen LogP contribution in [0.4, 0.5) is 0 Å². The van der Waals surface area contributed by atoms with Crippen LogP contribution in [-0.2, 0) is 0 Å². The number of amidine groups is 1. The predicted molar refractivity (Wildman–Crippen MR) is 37.8 cm³/mol. The molecule has 0 spiro atoms. The first-order valence-corrected chi connectivity index (χ1v) is 2.79. The molecule has 0 saturated heterocycles. The van der Waals surface area contributed by atoms with Crippen molar-refractivity contribution in [3.05, 3.63) is 0 Å². The molecule has 0 aromatic rings. The highest BCUT2D eigenvalue weighted by Gasteiger charge is 1.77. The summed E-state index contributed by atoms with van der Waals surface area (Å²) in [7, 11) is 0. The Balaban J connectivity index is 3.40. The third kappa shape index (κ3) is 3.53. The molecule has 0 fully saturated rings. The van der Waals surface area contributed by atoms with E-state index in [0.29, 0.717) is 0 Å². The summed E-state index contributed by atoms with van der Waals surface area (Å²) in [5, 5.41) is 0. The molecule has 0 aromatic heterocycles. The maximum absolute atomic E-state index is 4.05. The van der Waals surface area contributed by atoms with Gasteiger partial charge >= 0.3 is 0 Å². The van der Waals surface area contributed by atoms with Gasteiger partial charge in [0.1, 0.15) is 5.84 Å². The monoisotopic (exact) mass is 112 g/mol. The zero-order valence-electron chi connectivity index (χ0n) is 5.52. The first-order valence-electron chi connectivity index (χ1n) is 2.79. The summed E-state index contributed by atoms with van der Waals surface area (Å²) >= 11 is 0. The van der Waals surface area contributed by atoms with E-state index in [9.17, 15) is 0 Å². The summed E-state index contributed by atoms with van der Waals surface area (Å²) in [6.45, 7) is 8.13. The zero-order chi connectivity index (χ0) is 6.41. The minimum absolute atomic E-state index is 0.784. The largest absolute Gasteiger partial charge is 0.271 e. The van der Waals surface area contributed by atoms with Crippen LogP contribution in [0, 0.1) is 0 Å². The lowest BCUT2D eigenvalue weighted by Gasteiger charge is -1.87. The number of nitrogens with zero attached hydrogens (tertiary/aromatic N) is 2. The SMILES string of the molecule is C=N/C(C)=N\CCC. The molecular weight excluding hydrogens is 100 g/mol. The average Bonchev–Trinajstić information content (AvgIpc) is 1.83. The molecule has 2 nitrogen and oxygen atoms in total. The second kappa shape index (κ2) is 4.50. The second-order valence-corrected chi connectivity index (χ2v) is 1.59. The van der Waals surface area contributed by atoms with E-state index in [0.717, 1.165) is 18.8 Å². The van der Waals surface area contributed by atoms with Crippen molar-refractivity contribution in [1.29, 1.82) is 0 Å². The Morgan fingerprint density at radius 1 is 1.62 bits per heavy atom. The van der Waals surface area contributed by atoms with Crippen LogP contribution in [0.25, 0.3) is 0 Å². The van der Waals surface area contributed by atoms with Crippen LogP contribution >= 0.6 is 0 Å². The van der Waals surface area contributed by atoms with Crippen molar-refractivity contribution in [2.75, 3.05) is 6.54 Å². The maximum Gasteiger partial charge on any atom is 0.119 e. The Morgan fingerprint density at radius 3 is 2.62 bits per heavy atom. The normalized spacial score (nSPS) is 11.5. The Kier molecular flexibility index (Phi) is 4.13. The molecule has 0 radical (unpaired) electrons. The summed E-state index contributed by atoms with van der Waals surface area (Å²) in [5.74, 6) is 0.784. The fraction of sp³-hybridized carbons (Fsp3) is 0.667. The van der Waals surface area contributed by atoms with E-state index in [2.05, 4.69) is 23.6 Å². The standard InChI is InChI=1S/C6H12N2/c1-4-5-8-6(2)7-3/h3-5H2,1-2H3/b8-6-. The van der Waals surface area contributed by atoms with Gasteiger partial charge in [0.05, 0.1) is 0 Å². The van der Waals surface area contributed by atoms with Crippen molar-refractivity contribution in [3.8, 4) is 0 Å². The lowest BCUT2D eigenvalue weighted by atomic mass is 10.5. The van der Waals surface area contributed by atoms with Gasteiger partial charge in [-0.05, 0) is 20.1 Å². The highest BCUT2D eigenvalue weighted by atomic mass is 14.9. The first kappa shape index (κ1) is 7.34. The molecule has 0 unspecified atom stereocenters. The van der Waals surface area contributed by atoms with Gasteiger partial charge in [-0.25, -0.2) is 4.99 Å². The number of hydrogen-bond donors (Lipinski definition) is 0. The molecule has 0 saturated carbocycles. The zero-order valence-corrected chi connectivity index (χ0v) is 5.52. The smallest absolute Gasteiger partial charge is 0.119 e. The van der Waals surface area contributed by atoms with E-state index < -0.39 is 0 Å². The minimum Gasteiger partial charge on any atom is -0.271 e. The third-order valence-electron chi connectivity index (χ3n) is 0.793. The summed E-state index contributed by atoms with van der Waals surface area (Å²) < 4.78 is 0. The fourth-order valence-electron chi connectivity index (χ4n) is 0.324. The van der Waals surface area contributed by atoms with Crippen LogP contribution in [0.15, 0.2) is 9.98 Å². The Morgan fingerprint density at radius 2 is 2.25 bits per heavy atom. The third-order valence-corrected chi connectivity index (χ3v) is 0.793. The fourth-order valence-corrected chi connectivity index (χ4v) is 0.324. The van der Waals surface area contributed by atoms with Gasteiger partial charge in [0.2, 0.25) is 0 Å². The summed E-state index contributed by atoms with van der Waals surface area (Å²) in [4.78, 5) is 7.67. The van der Waals surface area contributed by atoms with Crippen molar-refractivity contribution in [1.82, 2.24) is 0 Å². The van der Waals surface area contributed by atoms with Gasteiger partial charge in [-0.3, -0.25) is 4.99 Å². The van der Waals surface area contributed by atoms with E-state index in [1.807, 2.05) is 6.92 Å². The van der Waals surface area contributed by atoms with E-state index in [4.69, 9.17) is 0 Å². The highest BCUT2D eigenvalue weighted by molar-refractivity contribution is 5.83. The van der Waals surface area contributed by atoms with Crippen LogP contribution < -0.4 is 0 Å². The minimum atomic E-state index is 0.784. The van der Waals surface area contributed by atoms with Crippen molar-refractivity contribution in [2.45, 2.75) is 20.3 Å². The molecule has 0 atom stereocenters. The van der Waals surface area contributed by atoms with Crippen LogP contribution in [0.1, 0.15) is 20.3 Å². The summed E-state index contributed by atoms with van der Waals surface area (Å²) in [6.07, 6.45) is 1.08. The molecule has 46 valence electrons. The van der Waals surface area contributed by atoms with Crippen LogP contribution in [0.2, 0.25) is 0 Å². The molecule has 0 rings (SSSR count). The number of rotatable bonds is 2. The summed E-state index contributed by atoms with van der Waals surface area (Å²) in [6, 6.07) is 0. The quantitative estimate of drug-likeness (QED) is 0.382. The van der Waals surface area contributed by atoms with Gasteiger partial charge in [0.15, 0.2) is 0 Å². The molecule has 0 aliphatic heterocycles. The molecule has 8 heavy (non-hydrogen) atoms. The molecule has 0 bridgehead atoms. The Bertz CT molecular complexity index is 94.7. The van der Waals surface area contributed by atoms with Gasteiger partial charge in [0.25, 0.3) is 0 Å². The lowest BCUT2D eigenvalue weighted by molar-refractivity contribution is 0.929. The molecular formula is C6H12N2. The van der Waals surface area contributed by atoms with Crippen LogP contribution in [-0.4, -0.2) is 19.1 Å². The van der Waals surface area contributed by atoms with Crippen LogP contribution in [0.5, 0.6) is 0 Å². The van der Waals surface area contributed by atoms with Gasteiger partial charge in [-0.2, -0.15) is 0 Å². The number of aliphatic imine (C=N–C) groups is 2. The molecule has 0 aliphatic carbocycles. The van der Waals surface area contributed by atoms with Gasteiger partial charge in [0, 0.05) is 6.54 Å². The lowest BCUT2D eigenvalue weighted by Crippen LogP contribution is -1.85. The van der Waals surface area contributed by atoms with Crippen molar-refractivity contribution in [3.63, 3.8) is 0 Å². The van der Waals surface area contributed by atoms with E-state index in [1.165, 1.54) is 0 Å². The Labute approximate surface area is 50.4 Å². The van der Waals surface area contributed by atoms with Crippen molar-refractivity contribution >= 4 is 12.6 Å². The van der Waals surface area contributed by atoms with E-state index >= 15 is 0 Å². The topological polar surface area (TPSA) is 24.7 Å². The first-order chi connectivity index (χ1) is 3.81. The molecule has 2 heteroatoms. The van der Waals surface area contributed by atoms with E-state index in [-0.39, 0.29) is 0 Å². The van der Waals surface area contributed by atoms with Crippen LogP contribution in [0.3, 0.4) is 0 Å². The molecule has 0 amide bonds. The molecule has 0 aromatic carbocycles. The molecule has 0 aliphatic rings. The predicted octanol–water partition coefficient (Wildman–Crippen LogP) is 1.52. The maximum atomic E-state index is 4.05. The summed E-state index contributed by atoms with van der Waals surface area (Å²) in [5.41, 5.74) is 0. The highest BCUT2D eigenvalue weighted by Crippen LogP contribution is 1.80. The van der Waals surface area contributed by atoms with Crippen molar-refractivity contribution < 1.29 is 0 Å². The number of hydrogen-bond acceptors (Lipinski definition) is 1. The van der Waals surface area contributed by atoms with Gasteiger partial charge < -0.3 is 0 Å². The van der Waals surface area contributed by atoms with Gasteiger partial charge in [-0.15, -0.1) is 0 Å². The second-order valence-electron chi connectivity index (χ2n) is 1.59. The average molecular weight is 112 g/mol. The Hall–Kier alpha value is -0.660. The molecule has 0 heterocycles. The van der Waals surface area contributed by atoms with Crippen molar-refractivity contribution in [2.24, 2.45) is 9.98 Å². The molecule has 0 N–H and O–H groups in total. The van der Waals surface area contributed by atoms with E-state index in [1.54, 1.807) is 0 Å².